The minimum Gasteiger partial charge on any atom is -0.466 e. The number of halogens is 2. The smallest absolute Gasteiger partial charge is 0.336 e. The molecule has 2 rings (SSSR count). The quantitative estimate of drug-likeness (QED) is 0.363. The Bertz CT molecular complexity index is 900. The molecule has 1 heterocycles. The second kappa shape index (κ2) is 12.8. The number of rotatable bonds is 11. The molecule has 1 aliphatic heterocycles. The van der Waals surface area contributed by atoms with Crippen molar-refractivity contribution in [1.82, 2.24) is 5.32 Å². The van der Waals surface area contributed by atoms with E-state index in [1.54, 1.807) is 32.0 Å². The summed E-state index contributed by atoms with van der Waals surface area (Å²) in [5, 5.41) is 3.63. The summed E-state index contributed by atoms with van der Waals surface area (Å²) in [6, 6.07) is 5.03. The molecule has 0 aromatic heterocycles. The fourth-order valence-electron chi connectivity index (χ4n) is 3.37. The third-order valence-corrected chi connectivity index (χ3v) is 5.55. The van der Waals surface area contributed by atoms with Gasteiger partial charge in [0.2, 0.25) is 0 Å². The van der Waals surface area contributed by atoms with Crippen molar-refractivity contribution >= 4 is 35.1 Å². The molecule has 176 valence electrons. The van der Waals surface area contributed by atoms with Gasteiger partial charge in [0.25, 0.3) is 0 Å². The van der Waals surface area contributed by atoms with E-state index in [9.17, 15) is 9.59 Å². The zero-order valence-electron chi connectivity index (χ0n) is 18.3. The van der Waals surface area contributed by atoms with Crippen LogP contribution in [0.5, 0.6) is 0 Å². The molecule has 1 aromatic rings. The highest BCUT2D eigenvalue weighted by Gasteiger charge is 2.40. The van der Waals surface area contributed by atoms with Crippen molar-refractivity contribution in [2.75, 3.05) is 46.7 Å². The average Bonchev–Trinajstić information content (AvgIpc) is 2.77. The topological polar surface area (TPSA) is 109 Å². The lowest BCUT2D eigenvalue weighted by Gasteiger charge is -2.31. The van der Waals surface area contributed by atoms with E-state index >= 15 is 0 Å². The molecule has 1 aliphatic rings. The molecule has 10 heteroatoms. The minimum atomic E-state index is -0.860. The number of nitrogens with one attached hydrogen (secondary N) is 1. The maximum atomic E-state index is 13.1. The van der Waals surface area contributed by atoms with Crippen LogP contribution in [0.2, 0.25) is 10.0 Å². The highest BCUT2D eigenvalue weighted by atomic mass is 35.5. The Balaban J connectivity index is 2.53. The molecule has 0 fully saturated rings. The molecule has 3 N–H and O–H groups in total. The first-order chi connectivity index (χ1) is 15.4. The van der Waals surface area contributed by atoms with Gasteiger partial charge in [0.05, 0.1) is 73.0 Å². The molecule has 1 atom stereocenters. The van der Waals surface area contributed by atoms with Gasteiger partial charge < -0.3 is 30.0 Å². The standard InChI is InChI=1S/C22H28Cl2N2O6/c1-4-32-22(28)19-16(12-31-11-10-30-9-8-25)26-13(2)17(21(27)29-3)18(19)14-6-5-7-15(23)20(14)24/h5-7,18,26H,4,8-12,25H2,1-3H3/t18-/m0/s1/i3-1. The van der Waals surface area contributed by atoms with Crippen molar-refractivity contribution < 1.29 is 28.5 Å². The van der Waals surface area contributed by atoms with Gasteiger partial charge in [0.15, 0.2) is 0 Å². The van der Waals surface area contributed by atoms with Gasteiger partial charge in [-0.05, 0) is 25.5 Å². The summed E-state index contributed by atoms with van der Waals surface area (Å²) in [5.74, 6) is -2.07. The van der Waals surface area contributed by atoms with E-state index in [-0.39, 0.29) is 36.0 Å². The summed E-state index contributed by atoms with van der Waals surface area (Å²) >= 11 is 12.7. The zero-order valence-corrected chi connectivity index (χ0v) is 19.8. The van der Waals surface area contributed by atoms with E-state index < -0.39 is 17.9 Å². The summed E-state index contributed by atoms with van der Waals surface area (Å²) in [6.45, 7) is 5.10. The number of methoxy groups -OCH3 is 1. The average molecular weight is 486 g/mol. The van der Waals surface area contributed by atoms with Crippen molar-refractivity contribution in [2.45, 2.75) is 19.8 Å². The van der Waals surface area contributed by atoms with E-state index in [1.807, 2.05) is 0 Å². The van der Waals surface area contributed by atoms with Crippen molar-refractivity contribution in [3.63, 3.8) is 0 Å². The number of hydrogen-bond donors (Lipinski definition) is 2. The molecule has 1 aromatic carbocycles. The van der Waals surface area contributed by atoms with Crippen LogP contribution in [0.3, 0.4) is 0 Å². The highest BCUT2D eigenvalue weighted by molar-refractivity contribution is 6.42. The van der Waals surface area contributed by atoms with Crippen LogP contribution in [0.25, 0.3) is 0 Å². The van der Waals surface area contributed by atoms with E-state index in [0.29, 0.717) is 41.7 Å². The second-order valence-corrected chi connectivity index (χ2v) is 7.58. The Morgan fingerprint density at radius 3 is 2.47 bits per heavy atom. The molecular weight excluding hydrogens is 458 g/mol. The molecule has 0 amide bonds. The number of carbonyl (C=O) groups excluding carboxylic acids is 2. The Morgan fingerprint density at radius 2 is 1.81 bits per heavy atom. The van der Waals surface area contributed by atoms with Crippen LogP contribution >= 0.6 is 23.2 Å². The van der Waals surface area contributed by atoms with Crippen molar-refractivity contribution in [3.8, 4) is 0 Å². The lowest BCUT2D eigenvalue weighted by atomic mass is 9.80. The van der Waals surface area contributed by atoms with Gasteiger partial charge in [-0.3, -0.25) is 0 Å². The number of dihydropyridines is 1. The van der Waals surface area contributed by atoms with Crippen molar-refractivity contribution in [1.29, 1.82) is 0 Å². The zero-order chi connectivity index (χ0) is 23.7. The molecule has 0 bridgehead atoms. The Hall–Kier alpha value is -2.10. The molecule has 0 radical (unpaired) electrons. The van der Waals surface area contributed by atoms with E-state index in [1.165, 1.54) is 7.11 Å². The van der Waals surface area contributed by atoms with E-state index in [2.05, 4.69) is 5.32 Å². The first-order valence-electron chi connectivity index (χ1n) is 10.1. The van der Waals surface area contributed by atoms with E-state index in [4.69, 9.17) is 47.9 Å². The number of carbonyl (C=O) groups is 2. The van der Waals surface area contributed by atoms with Gasteiger partial charge in [-0.25, -0.2) is 9.59 Å². The molecule has 0 saturated carbocycles. The van der Waals surface area contributed by atoms with Crippen LogP contribution in [0, 0.1) is 0 Å². The molecule has 32 heavy (non-hydrogen) atoms. The monoisotopic (exact) mass is 485 g/mol. The first kappa shape index (κ1) is 26.2. The molecule has 0 unspecified atom stereocenters. The predicted molar refractivity (Wildman–Crippen MR) is 121 cm³/mol. The fourth-order valence-corrected chi connectivity index (χ4v) is 3.79. The summed E-state index contributed by atoms with van der Waals surface area (Å²) in [6.07, 6.45) is 0. The number of benzene rings is 1. The Morgan fingerprint density at radius 1 is 1.09 bits per heavy atom. The molecular formula is C22H28Cl2N2O6. The number of ether oxygens (including phenoxy) is 4. The van der Waals surface area contributed by atoms with Gasteiger partial charge >= 0.3 is 11.9 Å². The van der Waals surface area contributed by atoms with Crippen LogP contribution in [0.4, 0.5) is 0 Å². The summed E-state index contributed by atoms with van der Waals surface area (Å²) in [7, 11) is 1.27. The lowest BCUT2D eigenvalue weighted by molar-refractivity contribution is -0.139. The fraction of sp³-hybridized carbons (Fsp3) is 0.455. The van der Waals surface area contributed by atoms with Crippen LogP contribution in [-0.4, -0.2) is 58.6 Å². The number of esters is 2. The lowest BCUT2D eigenvalue weighted by Crippen LogP contribution is -2.35. The second-order valence-electron chi connectivity index (χ2n) is 6.80. The first-order valence-corrected chi connectivity index (χ1v) is 10.9. The van der Waals surface area contributed by atoms with Gasteiger partial charge in [-0.1, -0.05) is 35.3 Å². The van der Waals surface area contributed by atoms with Crippen LogP contribution in [-0.2, 0) is 28.5 Å². The highest BCUT2D eigenvalue weighted by Crippen LogP contribution is 2.43. The Labute approximate surface area is 197 Å². The van der Waals surface area contributed by atoms with Gasteiger partial charge in [-0.2, -0.15) is 0 Å². The Kier molecular flexibility index (Phi) is 10.5. The SMILES string of the molecule is CCOC(=O)C1=C(COCCOCCN)NC(C)=C(C(=O)O[11CH3])[C@@H]1c1cccc(Cl)c1Cl. The third-order valence-electron chi connectivity index (χ3n) is 4.72. The van der Waals surface area contributed by atoms with Crippen molar-refractivity contribution in [2.24, 2.45) is 5.73 Å². The maximum absolute atomic E-state index is 13.1. The predicted octanol–water partition coefficient (Wildman–Crippen LogP) is 2.94. The normalized spacial score (nSPS) is 16.1. The third kappa shape index (κ3) is 6.24. The maximum Gasteiger partial charge on any atom is 0.336 e. The molecule has 8 nitrogen and oxygen atoms in total. The van der Waals surface area contributed by atoms with Gasteiger partial charge in [0.1, 0.15) is 0 Å². The number of allylic oxidation sites excluding steroid dienone is 1. The van der Waals surface area contributed by atoms with Crippen LogP contribution in [0.1, 0.15) is 25.3 Å². The summed E-state index contributed by atoms with van der Waals surface area (Å²) < 4.78 is 21.3. The van der Waals surface area contributed by atoms with Crippen LogP contribution < -0.4 is 11.1 Å². The molecule has 0 aliphatic carbocycles. The summed E-state index contributed by atoms with van der Waals surface area (Å²) in [5.41, 5.74) is 7.27. The van der Waals surface area contributed by atoms with Gasteiger partial charge in [0, 0.05) is 12.2 Å². The number of hydrogen-bond acceptors (Lipinski definition) is 8. The molecule has 0 spiro atoms. The largest absolute Gasteiger partial charge is 0.466 e. The van der Waals surface area contributed by atoms with Crippen LogP contribution in [0.15, 0.2) is 40.7 Å². The molecule has 0 saturated heterocycles. The number of nitrogens with two attached hydrogens (primary N) is 1. The van der Waals surface area contributed by atoms with E-state index in [0.717, 1.165) is 0 Å². The summed E-state index contributed by atoms with van der Waals surface area (Å²) in [4.78, 5) is 25.8. The van der Waals surface area contributed by atoms with Gasteiger partial charge in [-0.15, -0.1) is 0 Å². The minimum absolute atomic E-state index is 0.0562. The van der Waals surface area contributed by atoms with Crippen molar-refractivity contribution in [3.05, 3.63) is 56.3 Å².